The predicted molar refractivity (Wildman–Crippen MR) is 87.6 cm³/mol. The van der Waals surface area contributed by atoms with E-state index in [1.54, 1.807) is 37.4 Å². The summed E-state index contributed by atoms with van der Waals surface area (Å²) in [6.07, 6.45) is 0.821. The Labute approximate surface area is 142 Å². The number of hydrogen-bond acceptors (Lipinski definition) is 5. The third-order valence-corrected chi connectivity index (χ3v) is 3.62. The molecule has 0 fully saturated rings. The third kappa shape index (κ3) is 3.60. The van der Waals surface area contributed by atoms with Gasteiger partial charge in [-0.15, -0.1) is 0 Å². The maximum absolute atomic E-state index is 12.5. The van der Waals surface area contributed by atoms with Gasteiger partial charge < -0.3 is 20.5 Å². The number of anilines is 2. The highest BCUT2D eigenvalue weighted by molar-refractivity contribution is 6.09. The fraction of sp³-hybridized carbons (Fsp3) is 0.250. The second kappa shape index (κ2) is 6.63. The minimum absolute atomic E-state index is 0.0628. The van der Waals surface area contributed by atoms with Gasteiger partial charge in [-0.2, -0.15) is 5.10 Å². The van der Waals surface area contributed by atoms with Gasteiger partial charge in [0.15, 0.2) is 17.7 Å². The summed E-state index contributed by atoms with van der Waals surface area (Å²) < 4.78 is 6.97. The molecule has 3 rings (SSSR count). The van der Waals surface area contributed by atoms with Crippen molar-refractivity contribution in [1.82, 2.24) is 9.78 Å². The predicted octanol–water partition coefficient (Wildman–Crippen LogP) is 1.33. The Kier molecular flexibility index (Phi) is 4.38. The van der Waals surface area contributed by atoms with Crippen LogP contribution in [0.4, 0.5) is 11.5 Å². The summed E-state index contributed by atoms with van der Waals surface area (Å²) in [5.41, 5.74) is 0.701. The molecule has 25 heavy (non-hydrogen) atoms. The summed E-state index contributed by atoms with van der Waals surface area (Å²) >= 11 is 0. The first kappa shape index (κ1) is 16.5. The number of aromatic nitrogens is 2. The van der Waals surface area contributed by atoms with Crippen LogP contribution in [0.3, 0.4) is 0 Å². The van der Waals surface area contributed by atoms with Crippen molar-refractivity contribution in [2.45, 2.75) is 26.0 Å². The maximum Gasteiger partial charge on any atom is 0.305 e. The number of nitrogens with one attached hydrogen (secondary N) is 2. The molecule has 0 bridgehead atoms. The van der Waals surface area contributed by atoms with Crippen molar-refractivity contribution < 1.29 is 24.2 Å². The molecule has 0 aliphatic carbocycles. The lowest BCUT2D eigenvalue weighted by Crippen LogP contribution is -2.35. The Morgan fingerprint density at radius 3 is 2.96 bits per heavy atom. The number of ether oxygens (including phenoxy) is 1. The van der Waals surface area contributed by atoms with Crippen LogP contribution in [0.25, 0.3) is 0 Å². The number of carbonyl (C=O) groups excluding carboxylic acids is 2. The highest BCUT2D eigenvalue weighted by Crippen LogP contribution is 2.33. The zero-order valence-corrected chi connectivity index (χ0v) is 13.4. The number of carboxylic acids is 1. The van der Waals surface area contributed by atoms with Crippen LogP contribution in [0.2, 0.25) is 0 Å². The average molecular weight is 344 g/mol. The normalized spacial score (nSPS) is 15.7. The number of hydrogen-bond donors (Lipinski definition) is 3. The number of rotatable bonds is 5. The van der Waals surface area contributed by atoms with Crippen molar-refractivity contribution in [2.75, 3.05) is 10.6 Å². The average Bonchev–Trinajstić information content (AvgIpc) is 3.01. The van der Waals surface area contributed by atoms with Crippen molar-refractivity contribution in [3.05, 3.63) is 36.0 Å². The molecule has 9 heteroatoms. The van der Waals surface area contributed by atoms with Crippen LogP contribution in [0.1, 0.15) is 23.7 Å². The minimum atomic E-state index is -0.926. The van der Waals surface area contributed by atoms with Crippen LogP contribution in [-0.4, -0.2) is 38.8 Å². The van der Waals surface area contributed by atoms with E-state index in [9.17, 15) is 14.4 Å². The Hall–Kier alpha value is -3.36. The van der Waals surface area contributed by atoms with E-state index in [-0.39, 0.29) is 24.4 Å². The highest BCUT2D eigenvalue weighted by atomic mass is 16.5. The van der Waals surface area contributed by atoms with Gasteiger partial charge in [0, 0.05) is 12.3 Å². The lowest BCUT2D eigenvalue weighted by molar-refractivity contribution is -0.137. The van der Waals surface area contributed by atoms with Gasteiger partial charge in [0.05, 0.1) is 24.2 Å². The maximum atomic E-state index is 12.5. The van der Waals surface area contributed by atoms with Gasteiger partial charge in [-0.25, -0.2) is 0 Å². The first-order valence-electron chi connectivity index (χ1n) is 7.61. The van der Waals surface area contributed by atoms with Crippen LogP contribution in [-0.2, 0) is 16.1 Å². The van der Waals surface area contributed by atoms with E-state index in [1.807, 2.05) is 0 Å². The summed E-state index contributed by atoms with van der Waals surface area (Å²) in [4.78, 5) is 34.7. The molecular weight excluding hydrogens is 328 g/mol. The number of carboxylic acid groups (broad SMARTS) is 1. The van der Waals surface area contributed by atoms with E-state index in [1.165, 1.54) is 4.68 Å². The fourth-order valence-electron chi connectivity index (χ4n) is 2.35. The molecule has 0 saturated heterocycles. The number of carbonyl (C=O) groups is 3. The molecule has 1 aliphatic rings. The van der Waals surface area contributed by atoms with Gasteiger partial charge in [0.1, 0.15) is 0 Å². The molecule has 130 valence electrons. The third-order valence-electron chi connectivity index (χ3n) is 3.62. The largest absolute Gasteiger partial charge is 0.481 e. The first-order chi connectivity index (χ1) is 11.9. The summed E-state index contributed by atoms with van der Waals surface area (Å²) in [5.74, 6) is -1.05. The number of fused-ring (bicyclic) bond motifs is 1. The monoisotopic (exact) mass is 344 g/mol. The topological polar surface area (TPSA) is 123 Å². The molecule has 2 aromatic rings. The summed E-state index contributed by atoms with van der Waals surface area (Å²) in [6, 6.07) is 6.44. The van der Waals surface area contributed by atoms with Crippen molar-refractivity contribution in [1.29, 1.82) is 0 Å². The van der Waals surface area contributed by atoms with E-state index in [4.69, 9.17) is 9.84 Å². The Bertz CT molecular complexity index is 845. The van der Waals surface area contributed by atoms with E-state index in [0.717, 1.165) is 0 Å². The van der Waals surface area contributed by atoms with E-state index < -0.39 is 18.0 Å². The minimum Gasteiger partial charge on any atom is -0.481 e. The number of para-hydroxylation sites is 1. The van der Waals surface area contributed by atoms with Gasteiger partial charge in [-0.05, 0) is 19.1 Å². The molecular formula is C16H16N4O5. The van der Waals surface area contributed by atoms with Crippen LogP contribution in [0.15, 0.2) is 30.5 Å². The second-order valence-corrected chi connectivity index (χ2v) is 5.49. The molecule has 9 nitrogen and oxygen atoms in total. The summed E-state index contributed by atoms with van der Waals surface area (Å²) in [5, 5.41) is 18.1. The van der Waals surface area contributed by atoms with Crippen LogP contribution in [0.5, 0.6) is 5.75 Å². The van der Waals surface area contributed by atoms with Gasteiger partial charge in [0.25, 0.3) is 11.8 Å². The fourth-order valence-corrected chi connectivity index (χ4v) is 2.35. The lowest BCUT2D eigenvalue weighted by Gasteiger charge is -2.24. The number of amides is 2. The second-order valence-electron chi connectivity index (χ2n) is 5.49. The molecule has 1 aromatic heterocycles. The van der Waals surface area contributed by atoms with Gasteiger partial charge >= 0.3 is 5.97 Å². The number of benzene rings is 1. The molecule has 0 saturated carbocycles. The number of aryl methyl sites for hydroxylation is 1. The van der Waals surface area contributed by atoms with Gasteiger partial charge in [-0.3, -0.25) is 19.1 Å². The zero-order valence-electron chi connectivity index (χ0n) is 13.4. The van der Waals surface area contributed by atoms with E-state index >= 15 is 0 Å². The quantitative estimate of drug-likeness (QED) is 0.752. The summed E-state index contributed by atoms with van der Waals surface area (Å²) in [6.45, 7) is 1.80. The van der Waals surface area contributed by atoms with Crippen LogP contribution >= 0.6 is 0 Å². The Morgan fingerprint density at radius 1 is 1.40 bits per heavy atom. The summed E-state index contributed by atoms with van der Waals surface area (Å²) in [7, 11) is 0. The Balaban J connectivity index is 1.75. The van der Waals surface area contributed by atoms with Gasteiger partial charge in [-0.1, -0.05) is 6.07 Å². The SMILES string of the molecule is CC1Oc2c(cccc2C(=O)Nc2ccn(CCC(=O)O)n2)NC1=O. The molecule has 1 aromatic carbocycles. The molecule has 1 unspecified atom stereocenters. The Morgan fingerprint density at radius 2 is 2.20 bits per heavy atom. The van der Waals surface area contributed by atoms with Gasteiger partial charge in [0.2, 0.25) is 0 Å². The van der Waals surface area contributed by atoms with E-state index in [0.29, 0.717) is 17.3 Å². The molecule has 2 amide bonds. The molecule has 0 spiro atoms. The molecule has 0 radical (unpaired) electrons. The van der Waals surface area contributed by atoms with Crippen molar-refractivity contribution in [2.24, 2.45) is 0 Å². The number of aliphatic carboxylic acids is 1. The molecule has 1 aliphatic heterocycles. The standard InChI is InChI=1S/C16H16N4O5/c1-9-15(23)17-11-4-2-3-10(14(11)25-9)16(24)18-12-5-7-20(19-12)8-6-13(21)22/h2-5,7,9H,6,8H2,1H3,(H,17,23)(H,21,22)(H,18,19,24). The van der Waals surface area contributed by atoms with Crippen molar-refractivity contribution in [3.63, 3.8) is 0 Å². The van der Waals surface area contributed by atoms with E-state index in [2.05, 4.69) is 15.7 Å². The number of nitrogens with zero attached hydrogens (tertiary/aromatic N) is 2. The zero-order chi connectivity index (χ0) is 18.0. The van der Waals surface area contributed by atoms with Crippen molar-refractivity contribution in [3.8, 4) is 5.75 Å². The molecule has 3 N–H and O–H groups in total. The molecule has 1 atom stereocenters. The first-order valence-corrected chi connectivity index (χ1v) is 7.61. The van der Waals surface area contributed by atoms with Crippen LogP contribution in [0, 0.1) is 0 Å². The highest BCUT2D eigenvalue weighted by Gasteiger charge is 2.27. The molecule has 2 heterocycles. The van der Waals surface area contributed by atoms with Crippen molar-refractivity contribution >= 4 is 29.3 Å². The lowest BCUT2D eigenvalue weighted by atomic mass is 10.1. The van der Waals surface area contributed by atoms with Crippen LogP contribution < -0.4 is 15.4 Å². The smallest absolute Gasteiger partial charge is 0.305 e.